The Morgan fingerprint density at radius 2 is 1.97 bits per heavy atom. The molecule has 3 aromatic rings. The van der Waals surface area contributed by atoms with Crippen molar-refractivity contribution < 1.29 is 4.79 Å². The van der Waals surface area contributed by atoms with E-state index in [1.54, 1.807) is 16.8 Å². The molecule has 1 aliphatic rings. The minimum absolute atomic E-state index is 0.209. The fraction of sp³-hybridized carbons (Fsp3) is 0.348. The zero-order valence-corrected chi connectivity index (χ0v) is 18.3. The first kappa shape index (κ1) is 20.6. The maximum Gasteiger partial charge on any atom is 0.271 e. The van der Waals surface area contributed by atoms with Crippen LogP contribution in [0.1, 0.15) is 39.9 Å². The van der Waals surface area contributed by atoms with Crippen LogP contribution in [0.2, 0.25) is 5.02 Å². The molecule has 3 heterocycles. The van der Waals surface area contributed by atoms with Crippen LogP contribution in [0.3, 0.4) is 0 Å². The van der Waals surface area contributed by atoms with Gasteiger partial charge in [0.25, 0.3) is 5.91 Å². The number of nitrogens with zero attached hydrogens (tertiary/aromatic N) is 4. The van der Waals surface area contributed by atoms with E-state index >= 15 is 0 Å². The number of hydrogen-bond acceptors (Lipinski definition) is 4. The van der Waals surface area contributed by atoms with E-state index in [-0.39, 0.29) is 17.6 Å². The molecule has 0 radical (unpaired) electrons. The number of benzene rings is 1. The van der Waals surface area contributed by atoms with Crippen LogP contribution in [0.5, 0.6) is 0 Å². The van der Waals surface area contributed by atoms with Gasteiger partial charge in [-0.25, -0.2) is 9.67 Å². The molecule has 0 aliphatic carbocycles. The first-order valence-electron chi connectivity index (χ1n) is 10.2. The Hall–Kier alpha value is -2.70. The summed E-state index contributed by atoms with van der Waals surface area (Å²) in [7, 11) is 0. The number of fused-ring (bicyclic) bond motifs is 1. The van der Waals surface area contributed by atoms with Crippen molar-refractivity contribution in [3.8, 4) is 5.82 Å². The van der Waals surface area contributed by atoms with Gasteiger partial charge < -0.3 is 5.32 Å². The highest BCUT2D eigenvalue weighted by molar-refractivity contribution is 6.33. The summed E-state index contributed by atoms with van der Waals surface area (Å²) in [4.78, 5) is 19.7. The third-order valence-corrected chi connectivity index (χ3v) is 5.92. The summed E-state index contributed by atoms with van der Waals surface area (Å²) in [6.45, 7) is 8.43. The Labute approximate surface area is 181 Å². The van der Waals surface area contributed by atoms with Crippen LogP contribution in [0.4, 0.5) is 0 Å². The van der Waals surface area contributed by atoms with Crippen molar-refractivity contribution in [1.82, 2.24) is 25.0 Å². The zero-order valence-electron chi connectivity index (χ0n) is 17.5. The smallest absolute Gasteiger partial charge is 0.271 e. The molecule has 1 aromatic carbocycles. The van der Waals surface area contributed by atoms with Gasteiger partial charge in [-0.1, -0.05) is 35.9 Å². The molecule has 0 fully saturated rings. The summed E-state index contributed by atoms with van der Waals surface area (Å²) >= 11 is 6.28. The Balaban J connectivity index is 1.43. The fourth-order valence-electron chi connectivity index (χ4n) is 3.92. The molecule has 156 valence electrons. The van der Waals surface area contributed by atoms with Gasteiger partial charge in [0, 0.05) is 31.4 Å². The number of aromatic nitrogens is 3. The van der Waals surface area contributed by atoms with E-state index in [0.717, 1.165) is 30.9 Å². The molecule has 7 heteroatoms. The number of nitrogens with one attached hydrogen (secondary N) is 1. The normalized spacial score (nSPS) is 14.9. The van der Waals surface area contributed by atoms with E-state index in [1.165, 1.54) is 11.1 Å². The highest BCUT2D eigenvalue weighted by Crippen LogP contribution is 2.21. The number of carbonyl (C=O) groups is 1. The van der Waals surface area contributed by atoms with E-state index in [9.17, 15) is 4.79 Å². The van der Waals surface area contributed by atoms with Gasteiger partial charge in [-0.3, -0.25) is 9.69 Å². The first-order chi connectivity index (χ1) is 14.4. The second-order valence-corrected chi connectivity index (χ2v) is 8.29. The highest BCUT2D eigenvalue weighted by Gasteiger charge is 2.22. The van der Waals surface area contributed by atoms with E-state index in [1.807, 2.05) is 19.9 Å². The van der Waals surface area contributed by atoms with Gasteiger partial charge in [-0.2, -0.15) is 5.10 Å². The second-order valence-electron chi connectivity index (χ2n) is 7.89. The van der Waals surface area contributed by atoms with Gasteiger partial charge in [0.2, 0.25) is 0 Å². The number of aryl methyl sites for hydroxylation is 2. The molecule has 1 atom stereocenters. The lowest BCUT2D eigenvalue weighted by atomic mass is 9.99. The molecule has 0 bridgehead atoms. The lowest BCUT2D eigenvalue weighted by Gasteiger charge is -2.33. The van der Waals surface area contributed by atoms with Crippen molar-refractivity contribution in [2.45, 2.75) is 39.8 Å². The van der Waals surface area contributed by atoms with Crippen LogP contribution in [0.15, 0.2) is 42.5 Å². The van der Waals surface area contributed by atoms with E-state index in [4.69, 9.17) is 11.6 Å². The number of hydrogen-bond donors (Lipinski definition) is 1. The quantitative estimate of drug-likeness (QED) is 0.679. The zero-order chi connectivity index (χ0) is 21.3. The summed E-state index contributed by atoms with van der Waals surface area (Å²) < 4.78 is 1.72. The van der Waals surface area contributed by atoms with Gasteiger partial charge in [0.15, 0.2) is 5.82 Å². The number of carbonyl (C=O) groups excluding carboxylic acids is 1. The molecular formula is C23H26ClN5O. The summed E-state index contributed by atoms with van der Waals surface area (Å²) in [5, 5.41) is 7.77. The molecule has 30 heavy (non-hydrogen) atoms. The van der Waals surface area contributed by atoms with Crippen molar-refractivity contribution in [1.29, 1.82) is 0 Å². The molecule has 1 N–H and O–H groups in total. The molecule has 1 aliphatic heterocycles. The monoisotopic (exact) mass is 423 g/mol. The lowest BCUT2D eigenvalue weighted by Crippen LogP contribution is -2.44. The number of pyridine rings is 1. The topological polar surface area (TPSA) is 63.1 Å². The van der Waals surface area contributed by atoms with E-state index < -0.39 is 0 Å². The third-order valence-electron chi connectivity index (χ3n) is 5.61. The minimum Gasteiger partial charge on any atom is -0.349 e. The van der Waals surface area contributed by atoms with Gasteiger partial charge in [0.05, 0.1) is 10.7 Å². The Morgan fingerprint density at radius 3 is 2.70 bits per heavy atom. The van der Waals surface area contributed by atoms with Crippen LogP contribution in [0.25, 0.3) is 5.82 Å². The largest absolute Gasteiger partial charge is 0.349 e. The first-order valence-corrected chi connectivity index (χ1v) is 10.6. The second kappa shape index (κ2) is 8.58. The van der Waals surface area contributed by atoms with Crippen molar-refractivity contribution >= 4 is 17.5 Å². The maximum absolute atomic E-state index is 12.8. The van der Waals surface area contributed by atoms with Crippen LogP contribution in [0, 0.1) is 13.8 Å². The molecule has 0 spiro atoms. The third kappa shape index (κ3) is 4.25. The van der Waals surface area contributed by atoms with Crippen molar-refractivity contribution in [2.75, 3.05) is 13.1 Å². The molecule has 6 nitrogen and oxygen atoms in total. The number of rotatable bonds is 5. The highest BCUT2D eigenvalue weighted by atomic mass is 35.5. The number of halogens is 1. The Morgan fingerprint density at radius 1 is 1.20 bits per heavy atom. The SMILES string of the molecule is Cc1cc(C)n(-c2ccc(Cl)c(C(=O)NCC(C)N3CCc4ccccc4C3)n2)n1. The van der Waals surface area contributed by atoms with E-state index in [0.29, 0.717) is 17.4 Å². The lowest BCUT2D eigenvalue weighted by molar-refractivity contribution is 0.0927. The van der Waals surface area contributed by atoms with Crippen LogP contribution < -0.4 is 5.32 Å². The standard InChI is InChI=1S/C23H26ClN5O/c1-15-12-16(2)29(27-15)21-9-8-20(24)22(26-21)23(30)25-13-17(3)28-11-10-18-6-4-5-7-19(18)14-28/h4-9,12,17H,10-11,13-14H2,1-3H3,(H,25,30). The van der Waals surface area contributed by atoms with Crippen LogP contribution in [-0.2, 0) is 13.0 Å². The van der Waals surface area contributed by atoms with Crippen molar-refractivity contribution in [2.24, 2.45) is 0 Å². The molecule has 2 aromatic heterocycles. The van der Waals surface area contributed by atoms with Gasteiger partial charge in [-0.05, 0) is 56.5 Å². The number of amides is 1. The summed E-state index contributed by atoms with van der Waals surface area (Å²) in [5.74, 6) is 0.309. The summed E-state index contributed by atoms with van der Waals surface area (Å²) in [5.41, 5.74) is 4.85. The minimum atomic E-state index is -0.271. The maximum atomic E-state index is 12.8. The Kier molecular flexibility index (Phi) is 5.88. The average molecular weight is 424 g/mol. The van der Waals surface area contributed by atoms with Crippen molar-refractivity contribution in [3.63, 3.8) is 0 Å². The fourth-order valence-corrected chi connectivity index (χ4v) is 4.11. The molecule has 0 saturated heterocycles. The van der Waals surface area contributed by atoms with Crippen molar-refractivity contribution in [3.05, 3.63) is 75.7 Å². The molecule has 1 amide bonds. The molecular weight excluding hydrogens is 398 g/mol. The summed E-state index contributed by atoms with van der Waals surface area (Å²) in [6, 6.07) is 14.2. The average Bonchev–Trinajstić information content (AvgIpc) is 3.09. The van der Waals surface area contributed by atoms with Gasteiger partial charge in [0.1, 0.15) is 5.69 Å². The van der Waals surface area contributed by atoms with Crippen LogP contribution >= 0.6 is 11.6 Å². The molecule has 4 rings (SSSR count). The molecule has 0 saturated carbocycles. The van der Waals surface area contributed by atoms with E-state index in [2.05, 4.69) is 51.5 Å². The van der Waals surface area contributed by atoms with Crippen LogP contribution in [-0.4, -0.2) is 44.7 Å². The Bertz CT molecular complexity index is 1080. The molecule has 1 unspecified atom stereocenters. The van der Waals surface area contributed by atoms with Gasteiger partial charge >= 0.3 is 0 Å². The summed E-state index contributed by atoms with van der Waals surface area (Å²) in [6.07, 6.45) is 1.03. The predicted molar refractivity (Wildman–Crippen MR) is 118 cm³/mol. The predicted octanol–water partition coefficient (Wildman–Crippen LogP) is 3.71. The van der Waals surface area contributed by atoms with Gasteiger partial charge in [-0.15, -0.1) is 0 Å².